The third kappa shape index (κ3) is 3.91. The summed E-state index contributed by atoms with van der Waals surface area (Å²) >= 11 is 0. The van der Waals surface area contributed by atoms with Crippen molar-refractivity contribution in [1.29, 1.82) is 0 Å². The SMILES string of the molecule is CN1NC(C(F)(F)F)C=C1c1c(F)cc(NCc2c(F)cccc2F)cc1F. The molecule has 0 fully saturated rings. The fourth-order valence-electron chi connectivity index (χ4n) is 2.82. The number of hydrogen-bond acceptors (Lipinski definition) is 3. The third-order valence-electron chi connectivity index (χ3n) is 4.20. The van der Waals surface area contributed by atoms with Crippen LogP contribution in [0.25, 0.3) is 5.70 Å². The number of alkyl halides is 3. The number of hydrazine groups is 1. The van der Waals surface area contributed by atoms with Gasteiger partial charge in [0.1, 0.15) is 29.3 Å². The molecule has 0 aliphatic carbocycles. The molecule has 0 aromatic heterocycles. The Bertz CT molecular complexity index is 881. The average Bonchev–Trinajstić information content (AvgIpc) is 2.96. The molecule has 0 radical (unpaired) electrons. The van der Waals surface area contributed by atoms with E-state index in [4.69, 9.17) is 0 Å². The maximum Gasteiger partial charge on any atom is 0.409 e. The molecule has 1 unspecified atom stereocenters. The van der Waals surface area contributed by atoms with Crippen molar-refractivity contribution < 1.29 is 30.7 Å². The molecule has 3 nitrogen and oxygen atoms in total. The highest BCUT2D eigenvalue weighted by atomic mass is 19.4. The van der Waals surface area contributed by atoms with Gasteiger partial charge in [0.05, 0.1) is 11.3 Å². The summed E-state index contributed by atoms with van der Waals surface area (Å²) in [5.74, 6) is -3.91. The summed E-state index contributed by atoms with van der Waals surface area (Å²) in [6.07, 6.45) is -3.96. The third-order valence-corrected chi connectivity index (χ3v) is 4.20. The summed E-state index contributed by atoms with van der Waals surface area (Å²) in [5, 5.41) is 3.37. The van der Waals surface area contributed by atoms with Gasteiger partial charge in [-0.2, -0.15) is 13.2 Å². The van der Waals surface area contributed by atoms with E-state index in [1.807, 2.05) is 0 Å². The van der Waals surface area contributed by atoms with Crippen molar-refractivity contribution in [3.05, 3.63) is 70.8 Å². The number of nitrogens with one attached hydrogen (secondary N) is 2. The molecule has 0 saturated carbocycles. The van der Waals surface area contributed by atoms with Crippen molar-refractivity contribution in [2.75, 3.05) is 12.4 Å². The Morgan fingerprint density at radius 3 is 2.07 bits per heavy atom. The van der Waals surface area contributed by atoms with Crippen molar-refractivity contribution >= 4 is 11.4 Å². The fourth-order valence-corrected chi connectivity index (χ4v) is 2.82. The molecule has 10 heteroatoms. The molecule has 0 bridgehead atoms. The molecule has 2 aromatic carbocycles. The molecule has 1 atom stereocenters. The molecule has 2 aromatic rings. The minimum absolute atomic E-state index is 0.122. The molecule has 0 amide bonds. The fraction of sp³-hybridized carbons (Fsp3) is 0.222. The molecule has 3 rings (SSSR count). The first-order chi connectivity index (χ1) is 13.1. The molecule has 0 spiro atoms. The molecule has 0 saturated heterocycles. The number of halogens is 7. The van der Waals surface area contributed by atoms with Gasteiger partial charge in [-0.3, -0.25) is 0 Å². The lowest BCUT2D eigenvalue weighted by atomic mass is 10.1. The van der Waals surface area contributed by atoms with E-state index in [0.29, 0.717) is 6.08 Å². The molecule has 2 N–H and O–H groups in total. The average molecular weight is 405 g/mol. The van der Waals surface area contributed by atoms with Crippen LogP contribution in [0, 0.1) is 23.3 Å². The predicted molar refractivity (Wildman–Crippen MR) is 88.8 cm³/mol. The summed E-state index contributed by atoms with van der Waals surface area (Å²) in [6, 6.07) is 2.86. The zero-order chi connectivity index (χ0) is 20.6. The van der Waals surface area contributed by atoms with Crippen LogP contribution in [-0.4, -0.2) is 24.3 Å². The van der Waals surface area contributed by atoms with E-state index in [1.165, 1.54) is 13.1 Å². The smallest absolute Gasteiger partial charge is 0.381 e. The van der Waals surface area contributed by atoms with E-state index in [0.717, 1.165) is 29.3 Å². The van der Waals surface area contributed by atoms with Gasteiger partial charge in [0.25, 0.3) is 0 Å². The highest BCUT2D eigenvalue weighted by Gasteiger charge is 2.43. The Balaban J connectivity index is 1.86. The topological polar surface area (TPSA) is 27.3 Å². The maximum absolute atomic E-state index is 14.4. The normalized spacial score (nSPS) is 17.1. The summed E-state index contributed by atoms with van der Waals surface area (Å²) in [4.78, 5) is 0. The van der Waals surface area contributed by atoms with Crippen molar-refractivity contribution in [3.63, 3.8) is 0 Å². The highest BCUT2D eigenvalue weighted by molar-refractivity contribution is 5.69. The van der Waals surface area contributed by atoms with Gasteiger partial charge in [0.15, 0.2) is 0 Å². The predicted octanol–water partition coefficient (Wildman–Crippen LogP) is 4.58. The zero-order valence-electron chi connectivity index (χ0n) is 14.3. The minimum atomic E-state index is -4.63. The van der Waals surface area contributed by atoms with Gasteiger partial charge >= 0.3 is 6.18 Å². The van der Waals surface area contributed by atoms with Gasteiger partial charge in [-0.1, -0.05) is 6.07 Å². The number of anilines is 1. The number of benzene rings is 2. The van der Waals surface area contributed by atoms with E-state index in [9.17, 15) is 30.7 Å². The first-order valence-electron chi connectivity index (χ1n) is 8.02. The lowest BCUT2D eigenvalue weighted by Gasteiger charge is -2.20. The van der Waals surface area contributed by atoms with Crippen LogP contribution in [0.1, 0.15) is 11.1 Å². The van der Waals surface area contributed by atoms with Gasteiger partial charge in [0, 0.05) is 24.8 Å². The second kappa shape index (κ2) is 7.34. The van der Waals surface area contributed by atoms with Crippen LogP contribution in [0.4, 0.5) is 36.4 Å². The molecule has 1 aliphatic rings. The Kier molecular flexibility index (Phi) is 5.24. The summed E-state index contributed by atoms with van der Waals surface area (Å²) in [7, 11) is 1.20. The first kappa shape index (κ1) is 20.0. The van der Waals surface area contributed by atoms with Gasteiger partial charge in [0.2, 0.25) is 0 Å². The largest absolute Gasteiger partial charge is 0.409 e. The van der Waals surface area contributed by atoms with Crippen molar-refractivity contribution in [2.24, 2.45) is 0 Å². The highest BCUT2D eigenvalue weighted by Crippen LogP contribution is 2.34. The quantitative estimate of drug-likeness (QED) is 0.730. The Morgan fingerprint density at radius 1 is 1.00 bits per heavy atom. The first-order valence-corrected chi connectivity index (χ1v) is 8.02. The van der Waals surface area contributed by atoms with Gasteiger partial charge in [-0.05, 0) is 30.3 Å². The molecule has 28 heavy (non-hydrogen) atoms. The van der Waals surface area contributed by atoms with Gasteiger partial charge in [-0.15, -0.1) is 0 Å². The van der Waals surface area contributed by atoms with Crippen LogP contribution in [0.5, 0.6) is 0 Å². The van der Waals surface area contributed by atoms with E-state index in [1.54, 1.807) is 0 Å². The van der Waals surface area contributed by atoms with Crippen molar-refractivity contribution in [1.82, 2.24) is 10.4 Å². The van der Waals surface area contributed by atoms with Crippen LogP contribution in [-0.2, 0) is 6.54 Å². The molecule has 150 valence electrons. The van der Waals surface area contributed by atoms with Crippen LogP contribution in [0.3, 0.4) is 0 Å². The van der Waals surface area contributed by atoms with Gasteiger partial charge in [-0.25, -0.2) is 23.0 Å². The molecular formula is C18H14F7N3. The lowest BCUT2D eigenvalue weighted by molar-refractivity contribution is -0.148. The van der Waals surface area contributed by atoms with E-state index >= 15 is 0 Å². The Hall–Kier alpha value is -2.75. The summed E-state index contributed by atoms with van der Waals surface area (Å²) in [6.45, 7) is -0.378. The number of rotatable bonds is 4. The molecule has 1 aliphatic heterocycles. The Morgan fingerprint density at radius 2 is 1.57 bits per heavy atom. The molecule has 1 heterocycles. The lowest BCUT2D eigenvalue weighted by Crippen LogP contribution is -2.42. The van der Waals surface area contributed by atoms with Gasteiger partial charge < -0.3 is 10.3 Å². The van der Waals surface area contributed by atoms with E-state index in [-0.39, 0.29) is 23.5 Å². The van der Waals surface area contributed by atoms with E-state index in [2.05, 4.69) is 10.7 Å². The number of nitrogens with zero attached hydrogens (tertiary/aromatic N) is 1. The number of hydrogen-bond donors (Lipinski definition) is 2. The van der Waals surface area contributed by atoms with Crippen LogP contribution in [0.2, 0.25) is 0 Å². The van der Waals surface area contributed by atoms with Crippen molar-refractivity contribution in [3.8, 4) is 0 Å². The Labute approximate surface area is 155 Å². The zero-order valence-corrected chi connectivity index (χ0v) is 14.3. The second-order valence-corrected chi connectivity index (χ2v) is 6.13. The molecular weight excluding hydrogens is 391 g/mol. The van der Waals surface area contributed by atoms with Crippen molar-refractivity contribution in [2.45, 2.75) is 18.8 Å². The summed E-state index contributed by atoms with van der Waals surface area (Å²) < 4.78 is 94.6. The van der Waals surface area contributed by atoms with Crippen LogP contribution < -0.4 is 10.7 Å². The standard InChI is InChI=1S/C18H14F7N3/c1-28-15(7-16(27-28)18(23,24)25)17-13(21)5-9(6-14(17)22)26-8-10-11(19)3-2-4-12(10)20/h2-7,16,26-27H,8H2,1H3. The minimum Gasteiger partial charge on any atom is -0.381 e. The maximum atomic E-state index is 14.4. The monoisotopic (exact) mass is 405 g/mol. The van der Waals surface area contributed by atoms with Crippen LogP contribution >= 0.6 is 0 Å². The summed E-state index contributed by atoms with van der Waals surface area (Å²) in [5.41, 5.74) is 0.650. The van der Waals surface area contributed by atoms with Crippen LogP contribution in [0.15, 0.2) is 36.4 Å². The van der Waals surface area contributed by atoms with E-state index < -0.39 is 41.1 Å². The second-order valence-electron chi connectivity index (χ2n) is 6.13.